The number of oxime groups is 1. The van der Waals surface area contributed by atoms with Gasteiger partial charge < -0.3 is 19.6 Å². The van der Waals surface area contributed by atoms with Gasteiger partial charge in [-0.2, -0.15) is 0 Å². The topological polar surface area (TPSA) is 91.7 Å². The molecule has 3 aliphatic rings. The summed E-state index contributed by atoms with van der Waals surface area (Å²) >= 11 is 0. The van der Waals surface area contributed by atoms with Crippen molar-refractivity contribution in [3.05, 3.63) is 0 Å². The van der Waals surface area contributed by atoms with E-state index in [1.54, 1.807) is 0 Å². The molecule has 1 amide bonds. The zero-order valence-corrected chi connectivity index (χ0v) is 13.6. The summed E-state index contributed by atoms with van der Waals surface area (Å²) in [6, 6.07) is 0. The van der Waals surface area contributed by atoms with E-state index in [2.05, 4.69) is 10.1 Å². The third-order valence-corrected chi connectivity index (χ3v) is 5.05. The highest BCUT2D eigenvalue weighted by molar-refractivity contribution is 5.85. The summed E-state index contributed by atoms with van der Waals surface area (Å²) < 4.78 is 5.17. The first kappa shape index (κ1) is 15.9. The van der Waals surface area contributed by atoms with Crippen LogP contribution >= 0.6 is 0 Å². The van der Waals surface area contributed by atoms with Crippen LogP contribution in [-0.4, -0.2) is 71.2 Å². The molecule has 3 aliphatic heterocycles. The maximum absolute atomic E-state index is 12.0. The lowest BCUT2D eigenvalue weighted by Crippen LogP contribution is -2.63. The number of hydrogen-bond donors (Lipinski definition) is 1. The molecule has 0 unspecified atom stereocenters. The SMILES string of the molecule is CCOC(=O)C1(C)CCN(C2=NOC3(C2)CN(C(=O)O)C3)CC1. The fraction of sp³-hybridized carbons (Fsp3) is 0.800. The lowest BCUT2D eigenvalue weighted by atomic mass is 9.80. The quantitative estimate of drug-likeness (QED) is 0.765. The van der Waals surface area contributed by atoms with Crippen molar-refractivity contribution in [2.75, 3.05) is 32.8 Å². The van der Waals surface area contributed by atoms with E-state index in [1.165, 1.54) is 4.90 Å². The lowest BCUT2D eigenvalue weighted by molar-refractivity contribution is -0.156. The number of carbonyl (C=O) groups excluding carboxylic acids is 1. The van der Waals surface area contributed by atoms with Gasteiger partial charge in [0.05, 0.1) is 31.5 Å². The second-order valence-corrected chi connectivity index (χ2v) is 6.87. The zero-order chi connectivity index (χ0) is 16.7. The van der Waals surface area contributed by atoms with E-state index >= 15 is 0 Å². The van der Waals surface area contributed by atoms with Crippen LogP contribution in [0.4, 0.5) is 4.79 Å². The van der Waals surface area contributed by atoms with Gasteiger partial charge in [0.2, 0.25) is 0 Å². The molecule has 0 aromatic heterocycles. The van der Waals surface area contributed by atoms with Crippen molar-refractivity contribution < 1.29 is 24.3 Å². The minimum absolute atomic E-state index is 0.128. The number of amidine groups is 1. The maximum Gasteiger partial charge on any atom is 0.407 e. The van der Waals surface area contributed by atoms with Gasteiger partial charge in [-0.25, -0.2) is 4.79 Å². The van der Waals surface area contributed by atoms with Crippen LogP contribution in [0.2, 0.25) is 0 Å². The Morgan fingerprint density at radius 2 is 2.00 bits per heavy atom. The Kier molecular flexibility index (Phi) is 3.85. The number of nitrogens with zero attached hydrogens (tertiary/aromatic N) is 3. The van der Waals surface area contributed by atoms with E-state index in [0.29, 0.717) is 26.1 Å². The molecule has 128 valence electrons. The van der Waals surface area contributed by atoms with Crippen LogP contribution in [0.1, 0.15) is 33.1 Å². The Morgan fingerprint density at radius 3 is 2.57 bits per heavy atom. The molecule has 0 aliphatic carbocycles. The predicted molar refractivity (Wildman–Crippen MR) is 81.0 cm³/mol. The molecule has 3 heterocycles. The Bertz CT molecular complexity index is 533. The van der Waals surface area contributed by atoms with Gasteiger partial charge in [0.25, 0.3) is 0 Å². The summed E-state index contributed by atoms with van der Waals surface area (Å²) in [6.07, 6.45) is 1.15. The van der Waals surface area contributed by atoms with Crippen molar-refractivity contribution in [1.29, 1.82) is 0 Å². The highest BCUT2D eigenvalue weighted by Gasteiger charge is 2.53. The molecule has 0 bridgehead atoms. The van der Waals surface area contributed by atoms with Crippen LogP contribution in [-0.2, 0) is 14.4 Å². The van der Waals surface area contributed by atoms with E-state index in [4.69, 9.17) is 14.7 Å². The molecule has 8 nitrogen and oxygen atoms in total. The summed E-state index contributed by atoms with van der Waals surface area (Å²) in [5.74, 6) is 0.734. The van der Waals surface area contributed by atoms with Gasteiger partial charge in [0.1, 0.15) is 5.84 Å². The molecule has 0 saturated carbocycles. The van der Waals surface area contributed by atoms with E-state index in [1.807, 2.05) is 13.8 Å². The molecule has 2 fully saturated rings. The second-order valence-electron chi connectivity index (χ2n) is 6.87. The van der Waals surface area contributed by atoms with Crippen molar-refractivity contribution in [2.45, 2.75) is 38.7 Å². The number of ether oxygens (including phenoxy) is 1. The zero-order valence-electron chi connectivity index (χ0n) is 13.6. The van der Waals surface area contributed by atoms with Crippen molar-refractivity contribution in [2.24, 2.45) is 10.6 Å². The number of piperidine rings is 1. The summed E-state index contributed by atoms with van der Waals surface area (Å²) in [5.41, 5.74) is -0.906. The van der Waals surface area contributed by atoms with Crippen LogP contribution in [0.5, 0.6) is 0 Å². The van der Waals surface area contributed by atoms with Crippen LogP contribution in [0.15, 0.2) is 5.16 Å². The molecule has 1 N–H and O–H groups in total. The average molecular weight is 325 g/mol. The van der Waals surface area contributed by atoms with Gasteiger partial charge in [-0.15, -0.1) is 0 Å². The highest BCUT2D eigenvalue weighted by Crippen LogP contribution is 2.37. The monoisotopic (exact) mass is 325 g/mol. The molecule has 0 radical (unpaired) electrons. The Labute approximate surface area is 135 Å². The Hall–Kier alpha value is -1.99. The molecular weight excluding hydrogens is 302 g/mol. The number of rotatable bonds is 2. The van der Waals surface area contributed by atoms with Crippen LogP contribution in [0.25, 0.3) is 0 Å². The number of esters is 1. The number of amides is 1. The smallest absolute Gasteiger partial charge is 0.407 e. The average Bonchev–Trinajstić information content (AvgIpc) is 2.92. The third-order valence-electron chi connectivity index (χ3n) is 5.05. The van der Waals surface area contributed by atoms with Crippen LogP contribution in [0.3, 0.4) is 0 Å². The van der Waals surface area contributed by atoms with E-state index in [0.717, 1.165) is 31.8 Å². The summed E-state index contributed by atoms with van der Waals surface area (Å²) in [6.45, 7) is 6.37. The normalized spacial score (nSPS) is 24.7. The summed E-state index contributed by atoms with van der Waals surface area (Å²) in [5, 5.41) is 13.1. The Balaban J connectivity index is 1.52. The molecule has 8 heteroatoms. The van der Waals surface area contributed by atoms with Crippen LogP contribution < -0.4 is 0 Å². The molecule has 1 spiro atoms. The number of hydrogen-bond acceptors (Lipinski definition) is 6. The molecule has 23 heavy (non-hydrogen) atoms. The first-order valence-corrected chi connectivity index (χ1v) is 8.03. The minimum atomic E-state index is -0.921. The standard InChI is InChI=1S/C15H23N3O5/c1-3-22-12(19)14(2)4-6-17(7-5-14)11-8-15(23-16-11)9-18(10-15)13(20)21/h3-10H2,1-2H3,(H,20,21). The molecule has 2 saturated heterocycles. The fourth-order valence-electron chi connectivity index (χ4n) is 3.39. The molecule has 3 rings (SSSR count). The lowest BCUT2D eigenvalue weighted by Gasteiger charge is -2.44. The van der Waals surface area contributed by atoms with E-state index < -0.39 is 17.1 Å². The van der Waals surface area contributed by atoms with Gasteiger partial charge >= 0.3 is 12.1 Å². The molecule has 0 aromatic carbocycles. The van der Waals surface area contributed by atoms with E-state index in [-0.39, 0.29) is 5.97 Å². The summed E-state index contributed by atoms with van der Waals surface area (Å²) in [4.78, 5) is 31.9. The summed E-state index contributed by atoms with van der Waals surface area (Å²) in [7, 11) is 0. The van der Waals surface area contributed by atoms with Gasteiger partial charge in [-0.05, 0) is 26.7 Å². The minimum Gasteiger partial charge on any atom is -0.466 e. The van der Waals surface area contributed by atoms with Crippen LogP contribution in [0, 0.1) is 5.41 Å². The van der Waals surface area contributed by atoms with Gasteiger partial charge in [-0.3, -0.25) is 9.69 Å². The molecular formula is C15H23N3O5. The fourth-order valence-corrected chi connectivity index (χ4v) is 3.39. The van der Waals surface area contributed by atoms with Crippen molar-refractivity contribution >= 4 is 17.9 Å². The maximum atomic E-state index is 12.0. The van der Waals surface area contributed by atoms with E-state index in [9.17, 15) is 9.59 Å². The largest absolute Gasteiger partial charge is 0.466 e. The number of carboxylic acid groups (broad SMARTS) is 1. The Morgan fingerprint density at radius 1 is 1.35 bits per heavy atom. The van der Waals surface area contributed by atoms with Crippen molar-refractivity contribution in [3.8, 4) is 0 Å². The predicted octanol–water partition coefficient (Wildman–Crippen LogP) is 1.12. The number of likely N-dealkylation sites (tertiary alicyclic amines) is 2. The first-order valence-electron chi connectivity index (χ1n) is 8.03. The van der Waals surface area contributed by atoms with Gasteiger partial charge in [0.15, 0.2) is 5.60 Å². The highest BCUT2D eigenvalue weighted by atomic mass is 16.7. The molecule has 0 atom stereocenters. The number of carbonyl (C=O) groups is 2. The second kappa shape index (κ2) is 5.58. The van der Waals surface area contributed by atoms with Crippen molar-refractivity contribution in [1.82, 2.24) is 9.80 Å². The molecule has 0 aromatic rings. The van der Waals surface area contributed by atoms with Gasteiger partial charge in [-0.1, -0.05) is 5.16 Å². The third kappa shape index (κ3) is 2.82. The first-order chi connectivity index (χ1) is 10.9. The van der Waals surface area contributed by atoms with Crippen molar-refractivity contribution in [3.63, 3.8) is 0 Å². The van der Waals surface area contributed by atoms with Gasteiger partial charge in [0, 0.05) is 13.1 Å².